The van der Waals surface area contributed by atoms with Crippen molar-refractivity contribution in [2.75, 3.05) is 0 Å². The summed E-state index contributed by atoms with van der Waals surface area (Å²) in [4.78, 5) is 35.0. The van der Waals surface area contributed by atoms with Gasteiger partial charge in [0.25, 0.3) is 5.91 Å². The van der Waals surface area contributed by atoms with Crippen LogP contribution in [0.4, 0.5) is 30.7 Å². The number of amides is 2. The maximum atomic E-state index is 12.4. The summed E-state index contributed by atoms with van der Waals surface area (Å²) in [5.41, 5.74) is 1.82. The third-order valence-electron chi connectivity index (χ3n) is 6.10. The maximum absolute atomic E-state index is 12.4. The van der Waals surface area contributed by atoms with Gasteiger partial charge in [-0.1, -0.05) is 12.5 Å². The average Bonchev–Trinajstić information content (AvgIpc) is 3.54. The fraction of sp³-hybridized carbons (Fsp3) is 0.560. The minimum Gasteiger partial charge on any atom is -0.352 e. The molecule has 0 bridgehead atoms. The number of alkyl halides is 7. The van der Waals surface area contributed by atoms with Gasteiger partial charge in [-0.25, -0.2) is 32.2 Å². The standard InChI is InChI=1S/C19H20F5N7O2.C6H10F2/c20-14(21)4-6-31-17(27-10-28-31)18(33)26-9-15-29-12-2-1-11(7-13(12)30-15)8-25-16(32)3-5-19(22,23)24;7-6(8)4-2-1-3-5-6/h1-2,7,10,14H,3-6,8-9H2,(H,25,32)(H,26,33)(H,29,30);1-5H2. The molecule has 1 aromatic carbocycles. The molecule has 0 radical (unpaired) electrons. The lowest BCUT2D eigenvalue weighted by Crippen LogP contribution is -2.27. The number of carbonyl (C=O) groups excluding carboxylic acids is 2. The molecule has 4 rings (SSSR count). The van der Waals surface area contributed by atoms with Crippen LogP contribution in [0.25, 0.3) is 11.0 Å². The van der Waals surface area contributed by atoms with E-state index in [2.05, 4.69) is 30.7 Å². The Labute approximate surface area is 230 Å². The summed E-state index contributed by atoms with van der Waals surface area (Å²) in [6.07, 6.45) is -5.44. The van der Waals surface area contributed by atoms with Crippen LogP contribution in [-0.4, -0.2) is 55.1 Å². The number of nitrogens with one attached hydrogen (secondary N) is 3. The molecule has 0 unspecified atom stereocenters. The highest BCUT2D eigenvalue weighted by molar-refractivity contribution is 5.90. The van der Waals surface area contributed by atoms with Gasteiger partial charge in [0.2, 0.25) is 24.1 Å². The molecule has 0 spiro atoms. The van der Waals surface area contributed by atoms with Gasteiger partial charge < -0.3 is 15.6 Å². The van der Waals surface area contributed by atoms with Gasteiger partial charge in [-0.2, -0.15) is 18.3 Å². The molecule has 3 aromatic rings. The van der Waals surface area contributed by atoms with Crippen LogP contribution in [0.2, 0.25) is 0 Å². The highest BCUT2D eigenvalue weighted by Crippen LogP contribution is 2.32. The lowest BCUT2D eigenvalue weighted by Gasteiger charge is -2.20. The molecule has 2 amide bonds. The van der Waals surface area contributed by atoms with Crippen molar-refractivity contribution in [3.05, 3.63) is 41.7 Å². The maximum Gasteiger partial charge on any atom is 0.389 e. The van der Waals surface area contributed by atoms with Crippen molar-refractivity contribution in [2.24, 2.45) is 0 Å². The van der Waals surface area contributed by atoms with Gasteiger partial charge in [0.05, 0.1) is 24.0 Å². The van der Waals surface area contributed by atoms with E-state index in [1.165, 1.54) is 0 Å². The molecule has 2 aromatic heterocycles. The zero-order valence-corrected chi connectivity index (χ0v) is 21.9. The molecule has 3 N–H and O–H groups in total. The second-order valence-corrected chi connectivity index (χ2v) is 9.51. The Morgan fingerprint density at radius 1 is 1.07 bits per heavy atom. The van der Waals surface area contributed by atoms with Crippen LogP contribution in [0.1, 0.15) is 73.4 Å². The first-order chi connectivity index (χ1) is 19.3. The van der Waals surface area contributed by atoms with E-state index in [1.807, 2.05) is 0 Å². The quantitative estimate of drug-likeness (QED) is 0.277. The Balaban J connectivity index is 0.000000496. The molecule has 1 aliphatic carbocycles. The van der Waals surface area contributed by atoms with Crippen LogP contribution in [0.5, 0.6) is 0 Å². The molecule has 41 heavy (non-hydrogen) atoms. The summed E-state index contributed by atoms with van der Waals surface area (Å²) >= 11 is 0. The molecule has 226 valence electrons. The number of aryl methyl sites for hydroxylation is 1. The normalized spacial score (nSPS) is 14.9. The Morgan fingerprint density at radius 2 is 1.80 bits per heavy atom. The first-order valence-electron chi connectivity index (χ1n) is 12.9. The van der Waals surface area contributed by atoms with Gasteiger partial charge in [0.1, 0.15) is 12.2 Å². The number of H-pyrrole nitrogens is 1. The first kappa shape index (κ1) is 31.8. The van der Waals surface area contributed by atoms with E-state index in [9.17, 15) is 40.3 Å². The van der Waals surface area contributed by atoms with Crippen molar-refractivity contribution in [3.63, 3.8) is 0 Å². The number of aromatic amines is 1. The average molecular weight is 594 g/mol. The van der Waals surface area contributed by atoms with Crippen molar-refractivity contribution in [1.29, 1.82) is 0 Å². The van der Waals surface area contributed by atoms with E-state index in [-0.39, 0.29) is 38.3 Å². The number of imidazole rings is 1. The fourth-order valence-corrected chi connectivity index (χ4v) is 3.98. The Morgan fingerprint density at radius 3 is 2.44 bits per heavy atom. The molecular formula is C25H30F7N7O2. The Kier molecular flexibility index (Phi) is 11.1. The number of fused-ring (bicyclic) bond motifs is 1. The lowest BCUT2D eigenvalue weighted by molar-refractivity contribution is -0.144. The molecule has 0 atom stereocenters. The predicted octanol–water partition coefficient (Wildman–Crippen LogP) is 5.28. The zero-order chi connectivity index (χ0) is 30.0. The van der Waals surface area contributed by atoms with Crippen molar-refractivity contribution in [1.82, 2.24) is 35.4 Å². The van der Waals surface area contributed by atoms with Crippen LogP contribution in [0, 0.1) is 0 Å². The molecule has 0 aliphatic heterocycles. The van der Waals surface area contributed by atoms with Crippen molar-refractivity contribution >= 4 is 22.8 Å². The molecule has 1 aliphatic rings. The van der Waals surface area contributed by atoms with Gasteiger partial charge in [0, 0.05) is 38.8 Å². The molecule has 0 saturated heterocycles. The number of benzene rings is 1. The summed E-state index contributed by atoms with van der Waals surface area (Å²) in [5, 5.41) is 8.77. The first-order valence-corrected chi connectivity index (χ1v) is 12.9. The second kappa shape index (κ2) is 14.3. The highest BCUT2D eigenvalue weighted by Gasteiger charge is 2.30. The van der Waals surface area contributed by atoms with Crippen LogP contribution in [0.15, 0.2) is 24.5 Å². The summed E-state index contributed by atoms with van der Waals surface area (Å²) in [6.45, 7) is -0.106. The van der Waals surface area contributed by atoms with Crippen LogP contribution in [-0.2, 0) is 24.4 Å². The van der Waals surface area contributed by atoms with E-state index in [1.54, 1.807) is 18.2 Å². The molecule has 1 saturated carbocycles. The molecule has 9 nitrogen and oxygen atoms in total. The monoisotopic (exact) mass is 593 g/mol. The Hall–Kier alpha value is -3.72. The third-order valence-corrected chi connectivity index (χ3v) is 6.10. The smallest absolute Gasteiger partial charge is 0.352 e. The SMILES string of the molecule is FC1(F)CCCCC1.O=C(CCC(F)(F)F)NCc1ccc2nc(CNC(=O)c3ncnn3CCC(F)F)[nH]c2c1. The summed E-state index contributed by atoms with van der Waals surface area (Å²) < 4.78 is 86.8. The summed E-state index contributed by atoms with van der Waals surface area (Å²) in [5.74, 6) is -3.33. The van der Waals surface area contributed by atoms with E-state index >= 15 is 0 Å². The van der Waals surface area contributed by atoms with E-state index < -0.39 is 49.6 Å². The zero-order valence-electron chi connectivity index (χ0n) is 21.9. The van der Waals surface area contributed by atoms with Gasteiger partial charge in [-0.05, 0) is 30.5 Å². The number of nitrogens with zero attached hydrogens (tertiary/aromatic N) is 4. The third kappa shape index (κ3) is 11.0. The fourth-order valence-electron chi connectivity index (χ4n) is 3.98. The topological polar surface area (TPSA) is 118 Å². The number of halogens is 7. The largest absolute Gasteiger partial charge is 0.389 e. The lowest BCUT2D eigenvalue weighted by atomic mass is 9.97. The van der Waals surface area contributed by atoms with E-state index in [4.69, 9.17) is 0 Å². The van der Waals surface area contributed by atoms with Crippen LogP contribution in [0.3, 0.4) is 0 Å². The van der Waals surface area contributed by atoms with Crippen LogP contribution >= 0.6 is 0 Å². The number of hydrogen-bond donors (Lipinski definition) is 3. The summed E-state index contributed by atoms with van der Waals surface area (Å²) in [7, 11) is 0. The molecule has 2 heterocycles. The minimum absolute atomic E-state index is 0.00126. The van der Waals surface area contributed by atoms with Crippen LogP contribution < -0.4 is 10.6 Å². The van der Waals surface area contributed by atoms with Gasteiger partial charge >= 0.3 is 6.18 Å². The molecule has 1 fully saturated rings. The Bertz CT molecular complexity index is 1280. The highest BCUT2D eigenvalue weighted by atomic mass is 19.4. The summed E-state index contributed by atoms with van der Waals surface area (Å²) in [6, 6.07) is 5.01. The van der Waals surface area contributed by atoms with Gasteiger partial charge in [-0.15, -0.1) is 0 Å². The van der Waals surface area contributed by atoms with Crippen molar-refractivity contribution < 1.29 is 40.3 Å². The molecular weight excluding hydrogens is 563 g/mol. The van der Waals surface area contributed by atoms with Crippen molar-refractivity contribution in [3.8, 4) is 0 Å². The van der Waals surface area contributed by atoms with Gasteiger partial charge in [-0.3, -0.25) is 9.59 Å². The number of rotatable bonds is 10. The number of aromatic nitrogens is 5. The van der Waals surface area contributed by atoms with Crippen molar-refractivity contribution in [2.45, 2.75) is 89.5 Å². The predicted molar refractivity (Wildman–Crippen MR) is 133 cm³/mol. The number of carbonyl (C=O) groups is 2. The minimum atomic E-state index is -4.39. The second-order valence-electron chi connectivity index (χ2n) is 9.51. The molecule has 16 heteroatoms. The number of hydrogen-bond acceptors (Lipinski definition) is 5. The van der Waals surface area contributed by atoms with Gasteiger partial charge in [0.15, 0.2) is 0 Å². The van der Waals surface area contributed by atoms with E-state index in [0.29, 0.717) is 35.3 Å². The van der Waals surface area contributed by atoms with E-state index in [0.717, 1.165) is 17.4 Å².